The van der Waals surface area contributed by atoms with Gasteiger partial charge in [-0.25, -0.2) is 0 Å². The highest BCUT2D eigenvalue weighted by Crippen LogP contribution is 2.37. The van der Waals surface area contributed by atoms with E-state index < -0.39 is 8.32 Å². The molecule has 1 aliphatic heterocycles. The Kier molecular flexibility index (Phi) is 5.16. The first-order valence-electron chi connectivity index (χ1n) is 8.32. The fraction of sp³-hybridized carbons (Fsp3) is 0.474. The monoisotopic (exact) mass is 345 g/mol. The molecule has 0 saturated heterocycles. The van der Waals surface area contributed by atoms with Crippen molar-refractivity contribution in [2.75, 3.05) is 6.61 Å². The number of hydrogen-bond donors (Lipinski definition) is 0. The van der Waals surface area contributed by atoms with E-state index in [2.05, 4.69) is 40.4 Å². The maximum atomic E-state index is 12.7. The molecule has 1 aliphatic rings. The predicted octanol–water partition coefficient (Wildman–Crippen LogP) is 4.25. The van der Waals surface area contributed by atoms with Gasteiger partial charge in [-0.3, -0.25) is 14.5 Å². The van der Waals surface area contributed by atoms with Crippen molar-refractivity contribution >= 4 is 20.1 Å². The topological polar surface area (TPSA) is 46.6 Å². The summed E-state index contributed by atoms with van der Waals surface area (Å²) in [6, 6.07) is 6.65. The molecule has 0 saturated carbocycles. The van der Waals surface area contributed by atoms with E-state index in [4.69, 9.17) is 4.43 Å². The van der Waals surface area contributed by atoms with Crippen molar-refractivity contribution in [3.05, 3.63) is 48.0 Å². The first-order valence-corrected chi connectivity index (χ1v) is 11.2. The van der Waals surface area contributed by atoms with Gasteiger partial charge >= 0.3 is 0 Å². The Balaban J connectivity index is 2.22. The molecule has 1 aromatic carbocycles. The van der Waals surface area contributed by atoms with Gasteiger partial charge in [-0.1, -0.05) is 39.0 Å². The molecule has 1 atom stereocenters. The van der Waals surface area contributed by atoms with Crippen LogP contribution in [0.1, 0.15) is 47.9 Å². The minimum Gasteiger partial charge on any atom is -0.415 e. The van der Waals surface area contributed by atoms with Crippen LogP contribution in [0.2, 0.25) is 18.1 Å². The van der Waals surface area contributed by atoms with Crippen LogP contribution < -0.4 is 0 Å². The molecule has 24 heavy (non-hydrogen) atoms. The number of carbonyl (C=O) groups excluding carboxylic acids is 2. The number of amides is 2. The summed E-state index contributed by atoms with van der Waals surface area (Å²) >= 11 is 0. The molecule has 1 aromatic rings. The van der Waals surface area contributed by atoms with E-state index in [0.29, 0.717) is 24.2 Å². The summed E-state index contributed by atoms with van der Waals surface area (Å²) in [4.78, 5) is 26.7. The van der Waals surface area contributed by atoms with Crippen molar-refractivity contribution in [3.63, 3.8) is 0 Å². The second kappa shape index (κ2) is 6.65. The molecule has 2 rings (SSSR count). The minimum atomic E-state index is -1.96. The van der Waals surface area contributed by atoms with Crippen molar-refractivity contribution in [2.24, 2.45) is 0 Å². The van der Waals surface area contributed by atoms with Crippen molar-refractivity contribution in [1.82, 2.24) is 4.90 Å². The quantitative estimate of drug-likeness (QED) is 0.440. The summed E-state index contributed by atoms with van der Waals surface area (Å²) < 4.78 is 6.26. The maximum absolute atomic E-state index is 12.7. The molecule has 0 aliphatic carbocycles. The molecule has 0 spiro atoms. The van der Waals surface area contributed by atoms with Crippen LogP contribution in [0.4, 0.5) is 0 Å². The van der Waals surface area contributed by atoms with Crippen LogP contribution in [-0.4, -0.2) is 37.7 Å². The summed E-state index contributed by atoms with van der Waals surface area (Å²) in [7, 11) is -1.96. The Morgan fingerprint density at radius 3 is 2.08 bits per heavy atom. The van der Waals surface area contributed by atoms with Gasteiger partial charge < -0.3 is 4.43 Å². The summed E-state index contributed by atoms with van der Waals surface area (Å²) in [6.07, 6.45) is 2.27. The van der Waals surface area contributed by atoms with Gasteiger partial charge in [0, 0.05) is 0 Å². The summed E-state index contributed by atoms with van der Waals surface area (Å²) in [5, 5.41) is 0.0771. The smallest absolute Gasteiger partial charge is 0.261 e. The van der Waals surface area contributed by atoms with Crippen LogP contribution >= 0.6 is 0 Å². The SMILES string of the molecule is C=CC[C@H](CO[Si](C)(C)C(C)(C)C)N1C(=O)c2ccccc2C1=O. The van der Waals surface area contributed by atoms with Gasteiger partial charge in [0.15, 0.2) is 8.32 Å². The predicted molar refractivity (Wildman–Crippen MR) is 98.7 cm³/mol. The Bertz CT molecular complexity index is 626. The molecular formula is C19H27NO3Si. The molecule has 130 valence electrons. The zero-order valence-electron chi connectivity index (χ0n) is 15.3. The third-order valence-corrected chi connectivity index (χ3v) is 9.57. The van der Waals surface area contributed by atoms with Gasteiger partial charge in [0.2, 0.25) is 0 Å². The Morgan fingerprint density at radius 1 is 1.17 bits per heavy atom. The number of fused-ring (bicyclic) bond motifs is 1. The molecule has 1 heterocycles. The molecule has 0 unspecified atom stereocenters. The van der Waals surface area contributed by atoms with Crippen molar-refractivity contribution in [2.45, 2.75) is 51.4 Å². The van der Waals surface area contributed by atoms with E-state index >= 15 is 0 Å². The molecule has 0 bridgehead atoms. The lowest BCUT2D eigenvalue weighted by Gasteiger charge is -2.38. The number of imide groups is 1. The van der Waals surface area contributed by atoms with Crippen molar-refractivity contribution in [3.8, 4) is 0 Å². The van der Waals surface area contributed by atoms with Crippen LogP contribution in [0.3, 0.4) is 0 Å². The summed E-state index contributed by atoms with van der Waals surface area (Å²) in [6.45, 7) is 15.0. The normalized spacial score (nSPS) is 16.3. The van der Waals surface area contributed by atoms with E-state index in [1.807, 2.05) is 0 Å². The average molecular weight is 346 g/mol. The zero-order valence-corrected chi connectivity index (χ0v) is 16.3. The maximum Gasteiger partial charge on any atom is 0.261 e. The Labute approximate surface area is 145 Å². The molecular weight excluding hydrogens is 318 g/mol. The zero-order chi connectivity index (χ0) is 18.1. The minimum absolute atomic E-state index is 0.0771. The van der Waals surface area contributed by atoms with Gasteiger partial charge in [0.25, 0.3) is 11.8 Å². The van der Waals surface area contributed by atoms with Crippen LogP contribution in [0.15, 0.2) is 36.9 Å². The third-order valence-electron chi connectivity index (χ3n) is 5.07. The highest BCUT2D eigenvalue weighted by molar-refractivity contribution is 6.74. The van der Waals surface area contributed by atoms with Gasteiger partial charge in [0.05, 0.1) is 23.8 Å². The molecule has 0 aromatic heterocycles. The highest BCUT2D eigenvalue weighted by atomic mass is 28.4. The molecule has 0 radical (unpaired) electrons. The average Bonchev–Trinajstić information content (AvgIpc) is 2.75. The lowest BCUT2D eigenvalue weighted by atomic mass is 10.1. The van der Waals surface area contributed by atoms with Gasteiger partial charge in [0.1, 0.15) is 0 Å². The van der Waals surface area contributed by atoms with E-state index in [0.717, 1.165) is 0 Å². The third kappa shape index (κ3) is 3.37. The fourth-order valence-corrected chi connectivity index (χ4v) is 3.54. The number of nitrogens with zero attached hydrogens (tertiary/aromatic N) is 1. The molecule has 2 amide bonds. The second-order valence-corrected chi connectivity index (χ2v) is 12.6. The fourth-order valence-electron chi connectivity index (χ4n) is 2.50. The number of carbonyl (C=O) groups is 2. The van der Waals surface area contributed by atoms with Gasteiger partial charge in [-0.15, -0.1) is 6.58 Å². The first-order chi connectivity index (χ1) is 11.1. The van der Waals surface area contributed by atoms with E-state index in [1.165, 1.54) is 4.90 Å². The molecule has 0 fully saturated rings. The number of rotatable bonds is 6. The molecule has 0 N–H and O–H groups in total. The number of hydrogen-bond acceptors (Lipinski definition) is 3. The summed E-state index contributed by atoms with van der Waals surface area (Å²) in [5.74, 6) is -0.470. The lowest BCUT2D eigenvalue weighted by Crippen LogP contribution is -2.48. The first kappa shape index (κ1) is 18.6. The van der Waals surface area contributed by atoms with Crippen molar-refractivity contribution < 1.29 is 14.0 Å². The summed E-state index contributed by atoms with van der Waals surface area (Å²) in [5.41, 5.74) is 0.952. The van der Waals surface area contributed by atoms with Gasteiger partial charge in [-0.2, -0.15) is 0 Å². The van der Waals surface area contributed by atoms with Gasteiger partial charge in [-0.05, 0) is 36.7 Å². The largest absolute Gasteiger partial charge is 0.415 e. The second-order valence-electron chi connectivity index (χ2n) is 7.78. The molecule has 5 heteroatoms. The van der Waals surface area contributed by atoms with E-state index in [1.54, 1.807) is 30.3 Å². The van der Waals surface area contributed by atoms with Crippen LogP contribution in [0.5, 0.6) is 0 Å². The van der Waals surface area contributed by atoms with E-state index in [9.17, 15) is 9.59 Å². The van der Waals surface area contributed by atoms with Crippen LogP contribution in [-0.2, 0) is 4.43 Å². The van der Waals surface area contributed by atoms with Crippen LogP contribution in [0.25, 0.3) is 0 Å². The number of benzene rings is 1. The van der Waals surface area contributed by atoms with Crippen molar-refractivity contribution in [1.29, 1.82) is 0 Å². The lowest BCUT2D eigenvalue weighted by molar-refractivity contribution is 0.0526. The standard InChI is InChI=1S/C19H27NO3Si/c1-7-10-14(13-23-24(5,6)19(2,3)4)20-17(21)15-11-8-9-12-16(15)18(20)22/h7-9,11-12,14H,1,10,13H2,2-6H3/t14-/m1/s1. The van der Waals surface area contributed by atoms with E-state index in [-0.39, 0.29) is 22.9 Å². The highest BCUT2D eigenvalue weighted by Gasteiger charge is 2.42. The molecule has 4 nitrogen and oxygen atoms in total. The Morgan fingerprint density at radius 2 is 1.67 bits per heavy atom. The van der Waals surface area contributed by atoms with Crippen LogP contribution in [0, 0.1) is 0 Å². The Hall–Kier alpha value is -1.72.